The van der Waals surface area contributed by atoms with Crippen LogP contribution in [0.3, 0.4) is 0 Å². The Balaban J connectivity index is 2.06. The maximum Gasteiger partial charge on any atom is 0.217 e. The summed E-state index contributed by atoms with van der Waals surface area (Å²) < 4.78 is 5.93. The third kappa shape index (κ3) is 1.81. The van der Waals surface area contributed by atoms with Crippen LogP contribution in [-0.4, -0.2) is 16.5 Å². The molecule has 3 rings (SSSR count). The number of fused-ring (bicyclic) bond motifs is 1. The van der Waals surface area contributed by atoms with Gasteiger partial charge in [-0.3, -0.25) is 0 Å². The van der Waals surface area contributed by atoms with Crippen molar-refractivity contribution in [3.63, 3.8) is 0 Å². The highest BCUT2D eigenvalue weighted by molar-refractivity contribution is 5.67. The van der Waals surface area contributed by atoms with Crippen LogP contribution in [0.5, 0.6) is 0 Å². The van der Waals surface area contributed by atoms with E-state index in [0.29, 0.717) is 0 Å². The summed E-state index contributed by atoms with van der Waals surface area (Å²) in [6.07, 6.45) is 4.48. The summed E-state index contributed by atoms with van der Waals surface area (Å²) in [6.45, 7) is 5.22. The van der Waals surface area contributed by atoms with Crippen LogP contribution in [0.25, 0.3) is 11.2 Å². The highest BCUT2D eigenvalue weighted by Gasteiger charge is 2.39. The fourth-order valence-corrected chi connectivity index (χ4v) is 2.85. The molecule has 0 radical (unpaired) electrons. The van der Waals surface area contributed by atoms with E-state index in [9.17, 15) is 0 Å². The van der Waals surface area contributed by atoms with Gasteiger partial charge in [-0.2, -0.15) is 4.98 Å². The first-order chi connectivity index (χ1) is 8.73. The molecular weight excluding hydrogens is 226 g/mol. The fourth-order valence-electron chi connectivity index (χ4n) is 2.85. The minimum Gasteiger partial charge on any atom is -0.437 e. The smallest absolute Gasteiger partial charge is 0.217 e. The quantitative estimate of drug-likeness (QED) is 0.903. The van der Waals surface area contributed by atoms with Crippen LogP contribution in [0.1, 0.15) is 44.2 Å². The van der Waals surface area contributed by atoms with Crippen molar-refractivity contribution in [3.8, 4) is 0 Å². The van der Waals surface area contributed by atoms with E-state index in [-0.39, 0.29) is 5.54 Å². The Morgan fingerprint density at radius 1 is 1.39 bits per heavy atom. The van der Waals surface area contributed by atoms with Gasteiger partial charge >= 0.3 is 0 Å². The molecule has 0 bridgehead atoms. The number of hydrogen-bond donors (Lipinski definition) is 1. The summed E-state index contributed by atoms with van der Waals surface area (Å²) >= 11 is 0. The summed E-state index contributed by atoms with van der Waals surface area (Å²) in [5, 5.41) is 3.58. The van der Waals surface area contributed by atoms with Crippen molar-refractivity contribution in [2.45, 2.75) is 45.1 Å². The SMILES string of the molecule is CCCC1(c2nc3nc(C)ccc3o2)CCCN1. The normalized spacial score (nSPS) is 23.9. The topological polar surface area (TPSA) is 51.0 Å². The summed E-state index contributed by atoms with van der Waals surface area (Å²) in [6, 6.07) is 3.93. The van der Waals surface area contributed by atoms with Gasteiger partial charge in [-0.05, 0) is 44.9 Å². The second-order valence-electron chi connectivity index (χ2n) is 5.16. The summed E-state index contributed by atoms with van der Waals surface area (Å²) in [7, 11) is 0. The predicted molar refractivity (Wildman–Crippen MR) is 70.4 cm³/mol. The molecule has 0 saturated carbocycles. The van der Waals surface area contributed by atoms with Gasteiger partial charge in [-0.25, -0.2) is 4.98 Å². The Morgan fingerprint density at radius 2 is 2.28 bits per heavy atom. The van der Waals surface area contributed by atoms with Gasteiger partial charge in [-0.1, -0.05) is 13.3 Å². The molecule has 1 fully saturated rings. The van der Waals surface area contributed by atoms with E-state index in [0.717, 1.165) is 48.6 Å². The summed E-state index contributed by atoms with van der Waals surface area (Å²) in [5.74, 6) is 0.815. The number of aryl methyl sites for hydroxylation is 1. The Morgan fingerprint density at radius 3 is 3.00 bits per heavy atom. The zero-order chi connectivity index (χ0) is 12.6. The van der Waals surface area contributed by atoms with Gasteiger partial charge in [0.15, 0.2) is 11.2 Å². The molecule has 1 aliphatic heterocycles. The van der Waals surface area contributed by atoms with Crippen LogP contribution in [0, 0.1) is 6.92 Å². The van der Waals surface area contributed by atoms with Gasteiger partial charge in [0.05, 0.1) is 5.54 Å². The molecule has 0 aromatic carbocycles. The first kappa shape index (κ1) is 11.7. The molecule has 2 aromatic heterocycles. The lowest BCUT2D eigenvalue weighted by Crippen LogP contribution is -2.36. The lowest BCUT2D eigenvalue weighted by molar-refractivity contribution is 0.279. The number of nitrogens with one attached hydrogen (secondary N) is 1. The summed E-state index contributed by atoms with van der Waals surface area (Å²) in [5.41, 5.74) is 2.43. The molecule has 1 atom stereocenters. The van der Waals surface area contributed by atoms with Crippen LogP contribution in [0.4, 0.5) is 0 Å². The molecule has 3 heterocycles. The maximum absolute atomic E-state index is 5.93. The van der Waals surface area contributed by atoms with Gasteiger partial charge in [0.2, 0.25) is 5.89 Å². The van der Waals surface area contributed by atoms with Crippen molar-refractivity contribution >= 4 is 11.2 Å². The molecule has 4 heteroatoms. The molecule has 96 valence electrons. The standard InChI is InChI=1S/C14H19N3O/c1-3-7-14(8-4-9-15-14)13-17-12-11(18-13)6-5-10(2)16-12/h5-6,15H,3-4,7-9H2,1-2H3. The summed E-state index contributed by atoms with van der Waals surface area (Å²) in [4.78, 5) is 9.03. The minimum absolute atomic E-state index is 0.0661. The second-order valence-corrected chi connectivity index (χ2v) is 5.16. The zero-order valence-electron chi connectivity index (χ0n) is 11.0. The van der Waals surface area contributed by atoms with Crippen LogP contribution >= 0.6 is 0 Å². The van der Waals surface area contributed by atoms with Crippen molar-refractivity contribution in [1.82, 2.24) is 15.3 Å². The highest BCUT2D eigenvalue weighted by Crippen LogP contribution is 2.35. The fraction of sp³-hybridized carbons (Fsp3) is 0.571. The van der Waals surface area contributed by atoms with Crippen LogP contribution < -0.4 is 5.32 Å². The molecule has 0 spiro atoms. The van der Waals surface area contributed by atoms with E-state index in [1.54, 1.807) is 0 Å². The van der Waals surface area contributed by atoms with E-state index in [4.69, 9.17) is 4.42 Å². The van der Waals surface area contributed by atoms with E-state index >= 15 is 0 Å². The first-order valence-electron chi connectivity index (χ1n) is 6.73. The van der Waals surface area contributed by atoms with E-state index < -0.39 is 0 Å². The molecule has 1 unspecified atom stereocenters. The number of oxazole rings is 1. The number of aromatic nitrogens is 2. The largest absolute Gasteiger partial charge is 0.437 e. The van der Waals surface area contributed by atoms with Crippen molar-refractivity contribution in [1.29, 1.82) is 0 Å². The van der Waals surface area contributed by atoms with Gasteiger partial charge in [0.25, 0.3) is 0 Å². The molecule has 4 nitrogen and oxygen atoms in total. The van der Waals surface area contributed by atoms with Crippen molar-refractivity contribution in [3.05, 3.63) is 23.7 Å². The number of rotatable bonds is 3. The van der Waals surface area contributed by atoms with Gasteiger partial charge in [-0.15, -0.1) is 0 Å². The predicted octanol–water partition coefficient (Wildman–Crippen LogP) is 2.91. The average molecular weight is 245 g/mol. The van der Waals surface area contributed by atoms with Crippen LogP contribution in [0.15, 0.2) is 16.5 Å². The maximum atomic E-state index is 5.93. The van der Waals surface area contributed by atoms with E-state index in [1.807, 2.05) is 19.1 Å². The van der Waals surface area contributed by atoms with Gasteiger partial charge in [0, 0.05) is 5.69 Å². The highest BCUT2D eigenvalue weighted by atomic mass is 16.4. The third-order valence-corrected chi connectivity index (χ3v) is 3.72. The number of hydrogen-bond acceptors (Lipinski definition) is 4. The number of nitrogens with zero attached hydrogens (tertiary/aromatic N) is 2. The first-order valence-corrected chi connectivity index (χ1v) is 6.73. The van der Waals surface area contributed by atoms with Crippen LogP contribution in [0.2, 0.25) is 0 Å². The zero-order valence-corrected chi connectivity index (χ0v) is 11.0. The molecule has 1 aliphatic rings. The molecular formula is C14H19N3O. The molecule has 1 N–H and O–H groups in total. The Bertz CT molecular complexity index is 555. The van der Waals surface area contributed by atoms with Crippen LogP contribution in [-0.2, 0) is 5.54 Å². The second kappa shape index (κ2) is 4.35. The monoisotopic (exact) mass is 245 g/mol. The molecule has 2 aromatic rings. The van der Waals surface area contributed by atoms with Crippen molar-refractivity contribution in [2.75, 3.05) is 6.54 Å². The Kier molecular flexibility index (Phi) is 2.82. The molecule has 0 aliphatic carbocycles. The van der Waals surface area contributed by atoms with Gasteiger partial charge < -0.3 is 9.73 Å². The average Bonchev–Trinajstić information content (AvgIpc) is 2.95. The van der Waals surface area contributed by atoms with E-state index in [1.165, 1.54) is 6.42 Å². The molecule has 0 amide bonds. The van der Waals surface area contributed by atoms with Crippen molar-refractivity contribution in [2.24, 2.45) is 0 Å². The molecule has 18 heavy (non-hydrogen) atoms. The Labute approximate surface area is 107 Å². The Hall–Kier alpha value is -1.42. The minimum atomic E-state index is -0.0661. The van der Waals surface area contributed by atoms with Gasteiger partial charge in [0.1, 0.15) is 0 Å². The lowest BCUT2D eigenvalue weighted by atomic mass is 9.92. The lowest BCUT2D eigenvalue weighted by Gasteiger charge is -2.25. The number of pyridine rings is 1. The van der Waals surface area contributed by atoms with Crippen molar-refractivity contribution < 1.29 is 4.42 Å². The third-order valence-electron chi connectivity index (χ3n) is 3.72. The molecule has 1 saturated heterocycles. The van der Waals surface area contributed by atoms with E-state index in [2.05, 4.69) is 22.2 Å².